The van der Waals surface area contributed by atoms with Crippen molar-refractivity contribution in [2.45, 2.75) is 12.5 Å². The predicted molar refractivity (Wildman–Crippen MR) is 122 cm³/mol. The standard InChI is InChI=1S/C23H30N4O3S/c28-11-7-25-21(16-29)17-2-4-19-22(14-17)31-23-15-18(3-5-20(23)26-19)24-6-1-8-27-9-12-30-13-10-27/h2-5,14-15,21,25,28-29H,1,6-13,16H2/p+1. The van der Waals surface area contributed by atoms with E-state index in [1.54, 1.807) is 11.3 Å². The smallest absolute Gasteiger partial charge is 0.221 e. The molecule has 7 nitrogen and oxygen atoms in total. The number of hydrogen-bond acceptors (Lipinski definition) is 7. The molecule has 1 aromatic rings. The van der Waals surface area contributed by atoms with Crippen LogP contribution < -0.4 is 15.7 Å². The lowest BCUT2D eigenvalue weighted by molar-refractivity contribution is -0.330. The molecule has 1 aliphatic carbocycles. The van der Waals surface area contributed by atoms with Crippen LogP contribution >= 0.6 is 11.3 Å². The number of nitrogens with zero attached hydrogens (tertiary/aromatic N) is 2. The first-order valence-electron chi connectivity index (χ1n) is 10.9. The minimum absolute atomic E-state index is 0.0129. The molecule has 0 radical (unpaired) electrons. The fraction of sp³-hybridized carbons (Fsp3) is 0.478. The summed E-state index contributed by atoms with van der Waals surface area (Å²) in [6.45, 7) is 6.10. The summed E-state index contributed by atoms with van der Waals surface area (Å²) in [4.78, 5) is 11.9. The van der Waals surface area contributed by atoms with Crippen LogP contribution in [0.15, 0.2) is 41.4 Å². The lowest BCUT2D eigenvalue weighted by Crippen LogP contribution is -2.37. The second-order valence-corrected chi connectivity index (χ2v) is 8.85. The molecule has 0 aromatic heterocycles. The van der Waals surface area contributed by atoms with Gasteiger partial charge in [-0.2, -0.15) is 0 Å². The zero-order valence-electron chi connectivity index (χ0n) is 17.7. The van der Waals surface area contributed by atoms with Crippen LogP contribution in [0.1, 0.15) is 18.0 Å². The molecule has 0 saturated carbocycles. The van der Waals surface area contributed by atoms with Crippen molar-refractivity contribution in [3.63, 3.8) is 0 Å². The highest BCUT2D eigenvalue weighted by molar-refractivity contribution is 7.21. The topological polar surface area (TPSA) is 91.5 Å². The second-order valence-electron chi connectivity index (χ2n) is 7.77. The summed E-state index contributed by atoms with van der Waals surface area (Å²) in [7, 11) is 0. The quantitative estimate of drug-likeness (QED) is 0.340. The first kappa shape index (κ1) is 22.3. The molecule has 4 rings (SSSR count). The molecule has 2 aliphatic heterocycles. The van der Waals surface area contributed by atoms with Gasteiger partial charge in [0.15, 0.2) is 0 Å². The van der Waals surface area contributed by atoms with Gasteiger partial charge in [0.05, 0.1) is 42.5 Å². The summed E-state index contributed by atoms with van der Waals surface area (Å²) in [6.07, 6.45) is 1.05. The Balaban J connectivity index is 1.50. The number of nitrogens with one attached hydrogen (secondary N) is 2. The molecule has 0 spiro atoms. The predicted octanol–water partition coefficient (Wildman–Crippen LogP) is 1.06. The Bertz CT molecular complexity index is 1020. The number of aliphatic hydroxyl groups is 2. The van der Waals surface area contributed by atoms with Crippen molar-refractivity contribution in [3.05, 3.63) is 47.3 Å². The Labute approximate surface area is 186 Å². The molecule has 8 heteroatoms. The van der Waals surface area contributed by atoms with Gasteiger partial charge in [-0.25, -0.2) is 4.98 Å². The van der Waals surface area contributed by atoms with E-state index in [2.05, 4.69) is 39.5 Å². The normalized spacial score (nSPS) is 16.9. The third-order valence-corrected chi connectivity index (χ3v) is 6.69. The summed E-state index contributed by atoms with van der Waals surface area (Å²) < 4.78 is 6.52. The summed E-state index contributed by atoms with van der Waals surface area (Å²) in [6, 6.07) is 12.3. The maximum Gasteiger partial charge on any atom is 0.221 e. The van der Waals surface area contributed by atoms with Gasteiger partial charge in [0.2, 0.25) is 11.2 Å². The van der Waals surface area contributed by atoms with Crippen LogP contribution in [0.25, 0.3) is 20.8 Å². The first-order chi connectivity index (χ1) is 15.3. The van der Waals surface area contributed by atoms with Crippen LogP contribution in [0.5, 0.6) is 0 Å². The van der Waals surface area contributed by atoms with Gasteiger partial charge in [0.1, 0.15) is 4.88 Å². The van der Waals surface area contributed by atoms with E-state index in [1.807, 2.05) is 12.1 Å². The van der Waals surface area contributed by atoms with Crippen LogP contribution in [0.2, 0.25) is 0 Å². The van der Waals surface area contributed by atoms with Crippen molar-refractivity contribution >= 4 is 21.6 Å². The van der Waals surface area contributed by atoms with Gasteiger partial charge < -0.3 is 20.3 Å². The zero-order chi connectivity index (χ0) is 21.5. The molecule has 4 N–H and O–H groups in total. The number of rotatable bonds is 9. The molecule has 166 valence electrons. The summed E-state index contributed by atoms with van der Waals surface area (Å²) in [5, 5.41) is 22.9. The van der Waals surface area contributed by atoms with Crippen molar-refractivity contribution < 1.29 is 19.9 Å². The summed E-state index contributed by atoms with van der Waals surface area (Å²) in [5.74, 6) is 0. The highest BCUT2D eigenvalue weighted by Crippen LogP contribution is 2.28. The van der Waals surface area contributed by atoms with Crippen LogP contribution in [0.3, 0.4) is 0 Å². The number of aromatic nitrogens is 1. The molecule has 1 saturated heterocycles. The first-order valence-corrected chi connectivity index (χ1v) is 11.7. The van der Waals surface area contributed by atoms with E-state index in [0.717, 1.165) is 77.5 Å². The van der Waals surface area contributed by atoms with E-state index in [1.165, 1.54) is 0 Å². The Hall–Kier alpha value is -1.94. The third kappa shape index (κ3) is 5.85. The van der Waals surface area contributed by atoms with E-state index in [4.69, 9.17) is 14.8 Å². The van der Waals surface area contributed by atoms with Gasteiger partial charge in [-0.15, -0.1) is 11.3 Å². The fourth-order valence-corrected chi connectivity index (χ4v) is 4.93. The lowest BCUT2D eigenvalue weighted by atomic mass is 10.1. The maximum absolute atomic E-state index is 9.70. The van der Waals surface area contributed by atoms with Crippen molar-refractivity contribution in [3.8, 4) is 10.6 Å². The molecule has 1 fully saturated rings. The number of aromatic amines is 1. The number of fused-ring (bicyclic) bond motifs is 2. The SMILES string of the molecule is OCCNC(CO)c1ccc2[nH+]c3ccc(=NCCCN4CCOCC4)cc-3sc2c1. The highest BCUT2D eigenvalue weighted by atomic mass is 32.1. The Kier molecular flexibility index (Phi) is 7.96. The number of aliphatic hydroxyl groups excluding tert-OH is 2. The van der Waals surface area contributed by atoms with Crippen LogP contribution in [-0.2, 0) is 4.74 Å². The minimum Gasteiger partial charge on any atom is -0.395 e. The van der Waals surface area contributed by atoms with Gasteiger partial charge >= 0.3 is 0 Å². The zero-order valence-corrected chi connectivity index (χ0v) is 18.5. The Morgan fingerprint density at radius 2 is 2.03 bits per heavy atom. The van der Waals surface area contributed by atoms with Crippen molar-refractivity contribution in [2.75, 3.05) is 59.2 Å². The highest BCUT2D eigenvalue weighted by Gasteiger charge is 2.16. The third-order valence-electron chi connectivity index (χ3n) is 5.58. The Morgan fingerprint density at radius 3 is 2.84 bits per heavy atom. The van der Waals surface area contributed by atoms with E-state index in [9.17, 15) is 5.11 Å². The number of H-pyrrole nitrogens is 1. The molecular formula is C23H31N4O3S+. The van der Waals surface area contributed by atoms with Crippen LogP contribution in [0, 0.1) is 0 Å². The van der Waals surface area contributed by atoms with Crippen molar-refractivity contribution in [2.24, 2.45) is 4.99 Å². The second kappa shape index (κ2) is 11.1. The van der Waals surface area contributed by atoms with Gasteiger partial charge in [0.25, 0.3) is 0 Å². The number of ether oxygens (including phenoxy) is 1. The number of benzene rings is 2. The maximum atomic E-state index is 9.70. The molecule has 0 bridgehead atoms. The molecule has 1 atom stereocenters. The molecule has 1 unspecified atom stereocenters. The van der Waals surface area contributed by atoms with Crippen LogP contribution in [0.4, 0.5) is 0 Å². The number of hydrogen-bond donors (Lipinski definition) is 3. The summed E-state index contributed by atoms with van der Waals surface area (Å²) in [5.41, 5.74) is 3.17. The van der Waals surface area contributed by atoms with Gasteiger partial charge in [-0.05, 0) is 30.2 Å². The molecule has 31 heavy (non-hydrogen) atoms. The largest absolute Gasteiger partial charge is 0.395 e. The number of morpholine rings is 1. The van der Waals surface area contributed by atoms with E-state index < -0.39 is 0 Å². The van der Waals surface area contributed by atoms with Crippen LogP contribution in [-0.4, -0.2) is 74.3 Å². The van der Waals surface area contributed by atoms with E-state index >= 15 is 0 Å². The minimum atomic E-state index is -0.188. The molecular weight excluding hydrogens is 412 g/mol. The van der Waals surface area contributed by atoms with Gasteiger partial charge in [-0.1, -0.05) is 6.07 Å². The molecule has 3 aliphatic rings. The van der Waals surface area contributed by atoms with E-state index in [0.29, 0.717) is 6.54 Å². The van der Waals surface area contributed by atoms with Gasteiger partial charge in [-0.3, -0.25) is 9.89 Å². The average Bonchev–Trinajstić information content (AvgIpc) is 2.81. The molecule has 1 aromatic carbocycles. The van der Waals surface area contributed by atoms with E-state index in [-0.39, 0.29) is 19.3 Å². The lowest BCUT2D eigenvalue weighted by Gasteiger charge is -2.26. The van der Waals surface area contributed by atoms with Gasteiger partial charge in [0, 0.05) is 44.9 Å². The van der Waals surface area contributed by atoms with Crippen molar-refractivity contribution in [1.29, 1.82) is 0 Å². The molecule has 0 amide bonds. The Morgan fingerprint density at radius 1 is 1.16 bits per heavy atom. The van der Waals surface area contributed by atoms with Crippen molar-refractivity contribution in [1.82, 2.24) is 10.2 Å². The monoisotopic (exact) mass is 443 g/mol. The summed E-state index contributed by atoms with van der Waals surface area (Å²) >= 11 is 1.72. The average molecular weight is 444 g/mol. The molecule has 2 heterocycles. The fourth-order valence-electron chi connectivity index (χ4n) is 3.86.